The summed E-state index contributed by atoms with van der Waals surface area (Å²) in [6.07, 6.45) is 1.67. The zero-order chi connectivity index (χ0) is 17.9. The molecular weight excluding hydrogens is 344 g/mol. The minimum absolute atomic E-state index is 0.0403. The average molecular weight is 361 g/mol. The van der Waals surface area contributed by atoms with Gasteiger partial charge in [0.15, 0.2) is 0 Å². The highest BCUT2D eigenvalue weighted by molar-refractivity contribution is 6.30. The van der Waals surface area contributed by atoms with Gasteiger partial charge in [0.05, 0.1) is 0 Å². The number of nitrogens with zero attached hydrogens (tertiary/aromatic N) is 1. The molecule has 4 rings (SSSR count). The van der Waals surface area contributed by atoms with Gasteiger partial charge in [-0.2, -0.15) is 0 Å². The second-order valence-corrected chi connectivity index (χ2v) is 6.53. The van der Waals surface area contributed by atoms with Gasteiger partial charge in [0, 0.05) is 28.2 Å². The minimum atomic E-state index is -0.207. The second kappa shape index (κ2) is 7.06. The predicted octanol–water partition coefficient (Wildman–Crippen LogP) is 5.42. The van der Waals surface area contributed by atoms with E-state index in [1.54, 1.807) is 6.08 Å². The second-order valence-electron chi connectivity index (χ2n) is 6.09. The number of benzene rings is 3. The Morgan fingerprint density at radius 2 is 1.42 bits per heavy atom. The van der Waals surface area contributed by atoms with Crippen molar-refractivity contribution in [1.29, 1.82) is 0 Å². The topological polar surface area (TPSA) is 32.3 Å². The largest absolute Gasteiger partial charge is 0.357 e. The van der Waals surface area contributed by atoms with E-state index in [1.165, 1.54) is 0 Å². The summed E-state index contributed by atoms with van der Waals surface area (Å²) in [7, 11) is 0. The standard InChI is InChI=1S/C22H17ClN2O/c23-17-11-13-18(14-12-17)24-20-15-21(26)25(19-9-5-2-6-10-19)22(20)16-7-3-1-4-8-16/h1-15,22,24H. The van der Waals surface area contributed by atoms with Gasteiger partial charge in [0.2, 0.25) is 0 Å². The number of para-hydroxylation sites is 1. The first-order valence-corrected chi connectivity index (χ1v) is 8.77. The molecule has 26 heavy (non-hydrogen) atoms. The normalized spacial score (nSPS) is 16.5. The number of rotatable bonds is 4. The van der Waals surface area contributed by atoms with Gasteiger partial charge in [-0.05, 0) is 42.0 Å². The van der Waals surface area contributed by atoms with Gasteiger partial charge in [0.25, 0.3) is 5.91 Å². The minimum Gasteiger partial charge on any atom is -0.357 e. The van der Waals surface area contributed by atoms with Gasteiger partial charge < -0.3 is 5.32 Å². The average Bonchev–Trinajstić information content (AvgIpc) is 3.01. The van der Waals surface area contributed by atoms with Crippen LogP contribution in [0.1, 0.15) is 11.6 Å². The van der Waals surface area contributed by atoms with Crippen LogP contribution in [-0.2, 0) is 4.79 Å². The van der Waals surface area contributed by atoms with Crippen LogP contribution in [0.25, 0.3) is 0 Å². The predicted molar refractivity (Wildman–Crippen MR) is 106 cm³/mol. The van der Waals surface area contributed by atoms with Crippen molar-refractivity contribution in [3.8, 4) is 0 Å². The Morgan fingerprint density at radius 3 is 2.08 bits per heavy atom. The Labute approximate surface area is 157 Å². The fraction of sp³-hybridized carbons (Fsp3) is 0.0455. The van der Waals surface area contributed by atoms with Gasteiger partial charge in [-0.1, -0.05) is 60.1 Å². The number of halogens is 1. The molecule has 3 nitrogen and oxygen atoms in total. The van der Waals surface area contributed by atoms with E-state index in [4.69, 9.17) is 11.6 Å². The lowest BCUT2D eigenvalue weighted by Gasteiger charge is -2.28. The molecule has 0 bridgehead atoms. The van der Waals surface area contributed by atoms with Crippen LogP contribution in [-0.4, -0.2) is 5.91 Å². The van der Waals surface area contributed by atoms with Crippen LogP contribution in [0.5, 0.6) is 0 Å². The fourth-order valence-electron chi connectivity index (χ4n) is 3.18. The molecule has 0 aliphatic carbocycles. The van der Waals surface area contributed by atoms with E-state index in [-0.39, 0.29) is 11.9 Å². The van der Waals surface area contributed by atoms with Crippen LogP contribution in [0, 0.1) is 0 Å². The van der Waals surface area contributed by atoms with Crippen molar-refractivity contribution in [3.63, 3.8) is 0 Å². The molecule has 1 aliphatic heterocycles. The molecule has 128 valence electrons. The number of hydrogen-bond acceptors (Lipinski definition) is 2. The molecule has 1 aliphatic rings. The molecule has 0 aromatic heterocycles. The third-order valence-electron chi connectivity index (χ3n) is 4.35. The highest BCUT2D eigenvalue weighted by atomic mass is 35.5. The summed E-state index contributed by atoms with van der Waals surface area (Å²) in [6, 6.07) is 27.0. The van der Waals surface area contributed by atoms with Crippen molar-refractivity contribution in [2.45, 2.75) is 6.04 Å². The van der Waals surface area contributed by atoms with Gasteiger partial charge in [0.1, 0.15) is 6.04 Å². The summed E-state index contributed by atoms with van der Waals surface area (Å²) in [5.41, 5.74) is 3.65. The maximum atomic E-state index is 12.8. The van der Waals surface area contributed by atoms with E-state index in [0.29, 0.717) is 5.02 Å². The summed E-state index contributed by atoms with van der Waals surface area (Å²) in [6.45, 7) is 0. The number of anilines is 2. The van der Waals surface area contributed by atoms with E-state index < -0.39 is 0 Å². The molecule has 3 aromatic carbocycles. The lowest BCUT2D eigenvalue weighted by atomic mass is 10.0. The first-order valence-electron chi connectivity index (χ1n) is 8.40. The molecular formula is C22H17ClN2O. The molecule has 1 unspecified atom stereocenters. The van der Waals surface area contributed by atoms with Crippen LogP contribution >= 0.6 is 11.6 Å². The highest BCUT2D eigenvalue weighted by Crippen LogP contribution is 2.38. The highest BCUT2D eigenvalue weighted by Gasteiger charge is 2.35. The van der Waals surface area contributed by atoms with Crippen LogP contribution < -0.4 is 10.2 Å². The molecule has 1 atom stereocenters. The summed E-state index contributed by atoms with van der Waals surface area (Å²) in [5, 5.41) is 4.07. The smallest absolute Gasteiger partial charge is 0.253 e. The molecule has 1 amide bonds. The quantitative estimate of drug-likeness (QED) is 0.673. The van der Waals surface area contributed by atoms with Crippen molar-refractivity contribution in [1.82, 2.24) is 0 Å². The Balaban J connectivity index is 1.73. The van der Waals surface area contributed by atoms with Gasteiger partial charge in [-0.15, -0.1) is 0 Å². The third-order valence-corrected chi connectivity index (χ3v) is 4.60. The number of nitrogens with one attached hydrogen (secondary N) is 1. The molecule has 0 radical (unpaired) electrons. The Morgan fingerprint density at radius 1 is 0.808 bits per heavy atom. The van der Waals surface area contributed by atoms with Crippen LogP contribution in [0.4, 0.5) is 11.4 Å². The molecule has 3 aromatic rings. The Bertz CT molecular complexity index is 937. The molecule has 0 saturated heterocycles. The first kappa shape index (κ1) is 16.4. The molecule has 1 N–H and O–H groups in total. The van der Waals surface area contributed by atoms with Crippen molar-refractivity contribution >= 4 is 28.9 Å². The monoisotopic (exact) mass is 360 g/mol. The lowest BCUT2D eigenvalue weighted by Crippen LogP contribution is -2.30. The fourth-order valence-corrected chi connectivity index (χ4v) is 3.31. The molecule has 0 spiro atoms. The van der Waals surface area contributed by atoms with E-state index in [2.05, 4.69) is 5.32 Å². The van der Waals surface area contributed by atoms with Gasteiger partial charge in [-0.25, -0.2) is 0 Å². The molecule has 0 saturated carbocycles. The Hall–Kier alpha value is -3.04. The van der Waals surface area contributed by atoms with Crippen molar-refractivity contribution in [2.75, 3.05) is 10.2 Å². The lowest BCUT2D eigenvalue weighted by molar-refractivity contribution is -0.113. The zero-order valence-electron chi connectivity index (χ0n) is 14.0. The van der Waals surface area contributed by atoms with Gasteiger partial charge >= 0.3 is 0 Å². The zero-order valence-corrected chi connectivity index (χ0v) is 14.7. The SMILES string of the molecule is O=C1C=C(Nc2ccc(Cl)cc2)C(c2ccccc2)N1c1ccccc1. The van der Waals surface area contributed by atoms with E-state index in [9.17, 15) is 4.79 Å². The van der Waals surface area contributed by atoms with Crippen molar-refractivity contribution in [3.05, 3.63) is 107 Å². The molecule has 4 heteroatoms. The van der Waals surface area contributed by atoms with E-state index in [1.807, 2.05) is 89.8 Å². The first-order chi connectivity index (χ1) is 12.7. The Kier molecular flexibility index (Phi) is 4.46. The number of hydrogen-bond donors (Lipinski definition) is 1. The maximum Gasteiger partial charge on any atom is 0.253 e. The summed E-state index contributed by atoms with van der Waals surface area (Å²) in [4.78, 5) is 14.6. The number of carbonyl (C=O) groups excluding carboxylic acids is 1. The summed E-state index contributed by atoms with van der Waals surface area (Å²) < 4.78 is 0. The van der Waals surface area contributed by atoms with E-state index in [0.717, 1.165) is 22.6 Å². The van der Waals surface area contributed by atoms with Gasteiger partial charge in [-0.3, -0.25) is 9.69 Å². The number of carbonyl (C=O) groups is 1. The van der Waals surface area contributed by atoms with Crippen LogP contribution in [0.15, 0.2) is 96.7 Å². The maximum absolute atomic E-state index is 12.8. The van der Waals surface area contributed by atoms with Crippen molar-refractivity contribution < 1.29 is 4.79 Å². The van der Waals surface area contributed by atoms with E-state index >= 15 is 0 Å². The summed E-state index contributed by atoms with van der Waals surface area (Å²) >= 11 is 5.97. The van der Waals surface area contributed by atoms with Crippen LogP contribution in [0.3, 0.4) is 0 Å². The molecule has 0 fully saturated rings. The van der Waals surface area contributed by atoms with Crippen molar-refractivity contribution in [2.24, 2.45) is 0 Å². The summed E-state index contributed by atoms with van der Waals surface area (Å²) in [5.74, 6) is -0.0403. The third kappa shape index (κ3) is 3.22. The van der Waals surface area contributed by atoms with Crippen LogP contribution in [0.2, 0.25) is 5.02 Å². The number of amides is 1. The molecule has 1 heterocycles.